The topological polar surface area (TPSA) is 31.2 Å². The van der Waals surface area contributed by atoms with Crippen LogP contribution in [-0.4, -0.2) is 16.3 Å². The van der Waals surface area contributed by atoms with Crippen molar-refractivity contribution in [3.63, 3.8) is 0 Å². The highest BCUT2D eigenvalue weighted by Gasteiger charge is 2.23. The van der Waals surface area contributed by atoms with E-state index in [2.05, 4.69) is 0 Å². The quantitative estimate of drug-likeness (QED) is 0.615. The monoisotopic (exact) mass is 319 g/mol. The van der Waals surface area contributed by atoms with E-state index in [1.54, 1.807) is 4.57 Å². The normalized spacial score (nSPS) is 11.3. The van der Waals surface area contributed by atoms with E-state index in [0.717, 1.165) is 22.5 Å². The first kappa shape index (κ1) is 16.1. The van der Waals surface area contributed by atoms with Crippen molar-refractivity contribution in [3.05, 3.63) is 72.8 Å². The van der Waals surface area contributed by atoms with Gasteiger partial charge in [0, 0.05) is 0 Å². The summed E-state index contributed by atoms with van der Waals surface area (Å²) in [6.07, 6.45) is -0.370. The van der Waals surface area contributed by atoms with Crippen molar-refractivity contribution in [2.45, 2.75) is 26.4 Å². The molecule has 0 unspecified atom stereocenters. The summed E-state index contributed by atoms with van der Waals surface area (Å²) in [6, 6.07) is 23.7. The SMILES string of the molecule is CC(C)(C)OC(=O)n1c(-c2ccccc2)ccc1-c1ccccc1. The Morgan fingerprint density at radius 1 is 0.750 bits per heavy atom. The van der Waals surface area contributed by atoms with E-state index in [1.807, 2.05) is 93.6 Å². The standard InChI is InChI=1S/C21H21NO2/c1-21(2,3)24-20(23)22-18(16-10-6-4-7-11-16)14-15-19(22)17-12-8-5-9-13-17/h4-15H,1-3H3. The van der Waals surface area contributed by atoms with Gasteiger partial charge in [0.15, 0.2) is 0 Å². The van der Waals surface area contributed by atoms with Crippen molar-refractivity contribution < 1.29 is 9.53 Å². The fraction of sp³-hybridized carbons (Fsp3) is 0.190. The van der Waals surface area contributed by atoms with Gasteiger partial charge in [-0.15, -0.1) is 0 Å². The lowest BCUT2D eigenvalue weighted by Crippen LogP contribution is -2.27. The molecule has 0 bridgehead atoms. The summed E-state index contributed by atoms with van der Waals surface area (Å²) < 4.78 is 7.28. The van der Waals surface area contributed by atoms with Crippen molar-refractivity contribution in [2.24, 2.45) is 0 Å². The molecule has 0 aliphatic carbocycles. The summed E-state index contributed by atoms with van der Waals surface area (Å²) in [7, 11) is 0. The second-order valence-corrected chi connectivity index (χ2v) is 6.65. The summed E-state index contributed by atoms with van der Waals surface area (Å²) in [5.74, 6) is 0. The first-order chi connectivity index (χ1) is 11.5. The fourth-order valence-corrected chi connectivity index (χ4v) is 2.61. The lowest BCUT2D eigenvalue weighted by atomic mass is 10.1. The Morgan fingerprint density at radius 2 is 1.17 bits per heavy atom. The van der Waals surface area contributed by atoms with Crippen LogP contribution in [0.4, 0.5) is 4.79 Å². The van der Waals surface area contributed by atoms with E-state index in [-0.39, 0.29) is 6.09 Å². The van der Waals surface area contributed by atoms with Crippen molar-refractivity contribution in [3.8, 4) is 22.5 Å². The fourth-order valence-electron chi connectivity index (χ4n) is 2.61. The van der Waals surface area contributed by atoms with E-state index >= 15 is 0 Å². The number of hydrogen-bond donors (Lipinski definition) is 0. The van der Waals surface area contributed by atoms with E-state index in [1.165, 1.54) is 0 Å². The number of rotatable bonds is 2. The number of carbonyl (C=O) groups excluding carboxylic acids is 1. The number of aromatic nitrogens is 1. The maximum Gasteiger partial charge on any atom is 0.419 e. The minimum absolute atomic E-state index is 0.370. The molecule has 0 N–H and O–H groups in total. The summed E-state index contributed by atoms with van der Waals surface area (Å²) in [4.78, 5) is 12.9. The van der Waals surface area contributed by atoms with Gasteiger partial charge >= 0.3 is 6.09 Å². The Kier molecular flexibility index (Phi) is 4.26. The molecule has 0 atom stereocenters. The number of benzene rings is 2. The van der Waals surface area contributed by atoms with Gasteiger partial charge in [-0.1, -0.05) is 60.7 Å². The van der Waals surface area contributed by atoms with Crippen molar-refractivity contribution in [2.75, 3.05) is 0 Å². The largest absolute Gasteiger partial charge is 0.443 e. The van der Waals surface area contributed by atoms with Gasteiger partial charge in [0.25, 0.3) is 0 Å². The second-order valence-electron chi connectivity index (χ2n) is 6.65. The maximum atomic E-state index is 12.9. The summed E-state index contributed by atoms with van der Waals surface area (Å²) in [5.41, 5.74) is 3.05. The van der Waals surface area contributed by atoms with E-state index in [0.29, 0.717) is 0 Å². The number of ether oxygens (including phenoxy) is 1. The molecule has 0 radical (unpaired) electrons. The second kappa shape index (κ2) is 6.36. The smallest absolute Gasteiger partial charge is 0.419 e. The highest BCUT2D eigenvalue weighted by atomic mass is 16.6. The summed E-state index contributed by atoms with van der Waals surface area (Å²) >= 11 is 0. The van der Waals surface area contributed by atoms with Crippen LogP contribution in [0.15, 0.2) is 72.8 Å². The summed E-state index contributed by atoms with van der Waals surface area (Å²) in [6.45, 7) is 5.62. The van der Waals surface area contributed by atoms with Crippen LogP contribution in [0.5, 0.6) is 0 Å². The van der Waals surface area contributed by atoms with Crippen LogP contribution in [0.1, 0.15) is 20.8 Å². The molecular formula is C21H21NO2. The maximum absolute atomic E-state index is 12.9. The molecule has 3 nitrogen and oxygen atoms in total. The van der Waals surface area contributed by atoms with Crippen molar-refractivity contribution >= 4 is 6.09 Å². The van der Waals surface area contributed by atoms with Gasteiger partial charge < -0.3 is 4.74 Å². The van der Waals surface area contributed by atoms with Crippen LogP contribution in [0.25, 0.3) is 22.5 Å². The van der Waals surface area contributed by atoms with Gasteiger partial charge in [-0.3, -0.25) is 0 Å². The highest BCUT2D eigenvalue weighted by Crippen LogP contribution is 2.29. The molecule has 122 valence electrons. The van der Waals surface area contributed by atoms with Crippen LogP contribution in [-0.2, 0) is 4.74 Å². The molecule has 3 rings (SSSR count). The lowest BCUT2D eigenvalue weighted by molar-refractivity contribution is 0.0543. The molecule has 3 heteroatoms. The van der Waals surface area contributed by atoms with Crippen LogP contribution in [0.2, 0.25) is 0 Å². The molecule has 1 aromatic heterocycles. The predicted molar refractivity (Wildman–Crippen MR) is 96.9 cm³/mol. The van der Waals surface area contributed by atoms with Gasteiger partial charge in [0.1, 0.15) is 5.60 Å². The molecule has 1 heterocycles. The average molecular weight is 319 g/mol. The van der Waals surface area contributed by atoms with Crippen LogP contribution in [0.3, 0.4) is 0 Å². The minimum Gasteiger partial charge on any atom is -0.443 e. The Labute approximate surface area is 142 Å². The lowest BCUT2D eigenvalue weighted by Gasteiger charge is -2.22. The zero-order chi connectivity index (χ0) is 17.2. The van der Waals surface area contributed by atoms with Gasteiger partial charge in [-0.2, -0.15) is 0 Å². The van der Waals surface area contributed by atoms with Crippen LogP contribution in [0, 0.1) is 0 Å². The van der Waals surface area contributed by atoms with Gasteiger partial charge in [-0.25, -0.2) is 9.36 Å². The van der Waals surface area contributed by atoms with Crippen LogP contribution >= 0.6 is 0 Å². The summed E-state index contributed by atoms with van der Waals surface area (Å²) in [5, 5.41) is 0. The van der Waals surface area contributed by atoms with Gasteiger partial charge in [0.2, 0.25) is 0 Å². The first-order valence-corrected chi connectivity index (χ1v) is 8.02. The zero-order valence-electron chi connectivity index (χ0n) is 14.2. The number of carbonyl (C=O) groups is 1. The molecule has 0 spiro atoms. The average Bonchev–Trinajstić information content (AvgIpc) is 3.00. The van der Waals surface area contributed by atoms with Crippen molar-refractivity contribution in [1.82, 2.24) is 4.57 Å². The Morgan fingerprint density at radius 3 is 1.54 bits per heavy atom. The molecule has 0 saturated heterocycles. The van der Waals surface area contributed by atoms with Crippen LogP contribution < -0.4 is 0 Å². The zero-order valence-corrected chi connectivity index (χ0v) is 14.2. The van der Waals surface area contributed by atoms with E-state index in [9.17, 15) is 4.79 Å². The van der Waals surface area contributed by atoms with Gasteiger partial charge in [-0.05, 0) is 44.0 Å². The molecular weight excluding hydrogens is 298 g/mol. The molecule has 0 aliphatic rings. The molecule has 3 aromatic rings. The molecule has 0 amide bonds. The van der Waals surface area contributed by atoms with E-state index in [4.69, 9.17) is 4.74 Å². The number of nitrogens with zero attached hydrogens (tertiary/aromatic N) is 1. The molecule has 0 saturated carbocycles. The predicted octanol–water partition coefficient (Wildman–Crippen LogP) is 5.61. The molecule has 0 fully saturated rings. The minimum atomic E-state index is -0.552. The Hall–Kier alpha value is -2.81. The third-order valence-corrected chi connectivity index (χ3v) is 3.60. The first-order valence-electron chi connectivity index (χ1n) is 8.02. The molecule has 2 aromatic carbocycles. The Bertz CT molecular complexity index is 770. The molecule has 24 heavy (non-hydrogen) atoms. The van der Waals surface area contributed by atoms with Crippen molar-refractivity contribution in [1.29, 1.82) is 0 Å². The van der Waals surface area contributed by atoms with Gasteiger partial charge in [0.05, 0.1) is 11.4 Å². The third kappa shape index (κ3) is 3.40. The number of hydrogen-bond acceptors (Lipinski definition) is 2. The molecule has 0 aliphatic heterocycles. The third-order valence-electron chi connectivity index (χ3n) is 3.60. The Balaban J connectivity index is 2.14. The highest BCUT2D eigenvalue weighted by molar-refractivity contribution is 5.85. The van der Waals surface area contributed by atoms with E-state index < -0.39 is 5.60 Å².